The molecule has 0 radical (unpaired) electrons. The van der Waals surface area contributed by atoms with E-state index < -0.39 is 11.7 Å². The van der Waals surface area contributed by atoms with Crippen LogP contribution in [0.1, 0.15) is 44.7 Å². The summed E-state index contributed by atoms with van der Waals surface area (Å²) in [5.74, 6) is 0. The summed E-state index contributed by atoms with van der Waals surface area (Å²) in [6, 6.07) is 5.94. The molecule has 0 aromatic heterocycles. The molecule has 0 heterocycles. The van der Waals surface area contributed by atoms with Gasteiger partial charge in [-0.1, -0.05) is 12.1 Å². The highest BCUT2D eigenvalue weighted by Crippen LogP contribution is 2.48. The molecule has 4 heteroatoms. The average Bonchev–Trinajstić information content (AvgIpc) is 3.10. The molecule has 1 saturated carbocycles. The van der Waals surface area contributed by atoms with E-state index in [4.69, 9.17) is 4.74 Å². The molecule has 1 aliphatic rings. The summed E-state index contributed by atoms with van der Waals surface area (Å²) in [5.41, 5.74) is 2.19. The maximum atomic E-state index is 11.8. The van der Waals surface area contributed by atoms with Crippen molar-refractivity contribution >= 4 is 11.8 Å². The van der Waals surface area contributed by atoms with Gasteiger partial charge in [0.2, 0.25) is 0 Å². The first-order valence-electron chi connectivity index (χ1n) is 6.98. The lowest BCUT2D eigenvalue weighted by Gasteiger charge is -2.21. The quantitative estimate of drug-likeness (QED) is 0.890. The summed E-state index contributed by atoms with van der Waals surface area (Å²) in [5, 5.41) is 12.3. The molecule has 1 amide bonds. The Bertz CT molecular complexity index is 513. The Morgan fingerprint density at radius 1 is 1.40 bits per heavy atom. The van der Waals surface area contributed by atoms with Crippen molar-refractivity contribution in [3.8, 4) is 0 Å². The monoisotopic (exact) mass is 277 g/mol. The van der Waals surface area contributed by atoms with E-state index in [9.17, 15) is 9.90 Å². The van der Waals surface area contributed by atoms with E-state index in [1.165, 1.54) is 0 Å². The van der Waals surface area contributed by atoms with Crippen molar-refractivity contribution in [2.75, 3.05) is 11.9 Å². The van der Waals surface area contributed by atoms with E-state index in [-0.39, 0.29) is 12.0 Å². The van der Waals surface area contributed by atoms with Crippen LogP contribution in [0, 0.1) is 6.92 Å². The molecular formula is C16H23NO3. The number of carbonyl (C=O) groups excluding carboxylic acids is 1. The molecule has 0 bridgehead atoms. The van der Waals surface area contributed by atoms with Crippen molar-refractivity contribution in [1.82, 2.24) is 0 Å². The van der Waals surface area contributed by atoms with E-state index >= 15 is 0 Å². The van der Waals surface area contributed by atoms with Gasteiger partial charge in [0.25, 0.3) is 0 Å². The Hall–Kier alpha value is -1.55. The van der Waals surface area contributed by atoms with Gasteiger partial charge in [0.15, 0.2) is 0 Å². The molecule has 1 aliphatic carbocycles. The maximum absolute atomic E-state index is 11.8. The van der Waals surface area contributed by atoms with Crippen LogP contribution in [0.4, 0.5) is 10.5 Å². The predicted octanol–water partition coefficient (Wildman–Crippen LogP) is 3.37. The molecule has 2 rings (SSSR count). The zero-order valence-electron chi connectivity index (χ0n) is 12.6. The number of anilines is 1. The molecule has 20 heavy (non-hydrogen) atoms. The SMILES string of the molecule is Cc1ccc(C2(CO)CC2)cc1NC(=O)OC(C)(C)C. The highest BCUT2D eigenvalue weighted by molar-refractivity contribution is 5.86. The Kier molecular flexibility index (Phi) is 3.78. The average molecular weight is 277 g/mol. The molecule has 4 nitrogen and oxygen atoms in total. The van der Waals surface area contributed by atoms with Gasteiger partial charge in [0, 0.05) is 11.1 Å². The summed E-state index contributed by atoms with van der Waals surface area (Å²) >= 11 is 0. The van der Waals surface area contributed by atoms with Crippen molar-refractivity contribution in [2.24, 2.45) is 0 Å². The number of ether oxygens (including phenoxy) is 1. The number of nitrogens with one attached hydrogen (secondary N) is 1. The minimum absolute atomic E-state index is 0.0991. The van der Waals surface area contributed by atoms with Gasteiger partial charge in [-0.05, 0) is 57.7 Å². The normalized spacial score (nSPS) is 16.6. The minimum atomic E-state index is -0.515. The van der Waals surface area contributed by atoms with Gasteiger partial charge in [-0.25, -0.2) is 4.79 Å². The second-order valence-corrected chi connectivity index (χ2v) is 6.60. The van der Waals surface area contributed by atoms with Crippen LogP contribution in [-0.2, 0) is 10.2 Å². The van der Waals surface area contributed by atoms with Crippen LogP contribution in [0.3, 0.4) is 0 Å². The highest BCUT2D eigenvalue weighted by atomic mass is 16.6. The van der Waals surface area contributed by atoms with Crippen molar-refractivity contribution < 1.29 is 14.6 Å². The number of benzene rings is 1. The van der Waals surface area contributed by atoms with Crippen molar-refractivity contribution in [3.05, 3.63) is 29.3 Å². The second kappa shape index (κ2) is 5.09. The molecule has 0 atom stereocenters. The lowest BCUT2D eigenvalue weighted by Crippen LogP contribution is -2.27. The number of rotatable bonds is 3. The fourth-order valence-corrected chi connectivity index (χ4v) is 2.19. The molecule has 2 N–H and O–H groups in total. The van der Waals surface area contributed by atoms with Gasteiger partial charge in [-0.2, -0.15) is 0 Å². The van der Waals surface area contributed by atoms with Crippen molar-refractivity contribution in [2.45, 2.75) is 51.6 Å². The van der Waals surface area contributed by atoms with Gasteiger partial charge in [-0.15, -0.1) is 0 Å². The smallest absolute Gasteiger partial charge is 0.412 e. The minimum Gasteiger partial charge on any atom is -0.444 e. The first-order chi connectivity index (χ1) is 9.26. The largest absolute Gasteiger partial charge is 0.444 e. The molecular weight excluding hydrogens is 254 g/mol. The molecule has 0 spiro atoms. The van der Waals surface area contributed by atoms with E-state index in [0.29, 0.717) is 0 Å². The topological polar surface area (TPSA) is 58.6 Å². The third-order valence-electron chi connectivity index (χ3n) is 3.64. The summed E-state index contributed by atoms with van der Waals surface area (Å²) < 4.78 is 5.26. The van der Waals surface area contributed by atoms with E-state index in [0.717, 1.165) is 29.7 Å². The molecule has 0 unspecified atom stereocenters. The Labute approximate surface area is 120 Å². The van der Waals surface area contributed by atoms with Crippen LogP contribution in [0.5, 0.6) is 0 Å². The summed E-state index contributed by atoms with van der Waals surface area (Å²) in [6.45, 7) is 7.60. The first kappa shape index (κ1) is 14.9. The fraction of sp³-hybridized carbons (Fsp3) is 0.562. The highest BCUT2D eigenvalue weighted by Gasteiger charge is 2.43. The zero-order chi connectivity index (χ0) is 15.0. The number of carbonyl (C=O) groups is 1. The Morgan fingerprint density at radius 3 is 2.55 bits per heavy atom. The Balaban J connectivity index is 2.15. The number of hydrogen-bond donors (Lipinski definition) is 2. The van der Waals surface area contributed by atoms with E-state index in [1.54, 1.807) is 0 Å². The van der Waals surface area contributed by atoms with Crippen LogP contribution in [0.25, 0.3) is 0 Å². The molecule has 0 aliphatic heterocycles. The Morgan fingerprint density at radius 2 is 2.05 bits per heavy atom. The van der Waals surface area contributed by atoms with Crippen molar-refractivity contribution in [3.63, 3.8) is 0 Å². The van der Waals surface area contributed by atoms with Crippen LogP contribution in [0.15, 0.2) is 18.2 Å². The van der Waals surface area contributed by atoms with Gasteiger partial charge in [0.1, 0.15) is 5.60 Å². The second-order valence-electron chi connectivity index (χ2n) is 6.60. The van der Waals surface area contributed by atoms with Crippen LogP contribution in [0.2, 0.25) is 0 Å². The van der Waals surface area contributed by atoms with Crippen molar-refractivity contribution in [1.29, 1.82) is 0 Å². The summed E-state index contributed by atoms with van der Waals surface area (Å²) in [4.78, 5) is 11.8. The third-order valence-corrected chi connectivity index (χ3v) is 3.64. The summed E-state index contributed by atoms with van der Waals surface area (Å²) in [6.07, 6.45) is 1.54. The maximum Gasteiger partial charge on any atom is 0.412 e. The molecule has 0 saturated heterocycles. The first-order valence-corrected chi connectivity index (χ1v) is 6.98. The number of aryl methyl sites for hydroxylation is 1. The van der Waals surface area contributed by atoms with Crippen LogP contribution >= 0.6 is 0 Å². The number of hydrogen-bond acceptors (Lipinski definition) is 3. The predicted molar refractivity (Wildman–Crippen MR) is 79.0 cm³/mol. The number of aliphatic hydroxyl groups excluding tert-OH is 1. The van der Waals surface area contributed by atoms with E-state index in [1.807, 2.05) is 45.9 Å². The van der Waals surface area contributed by atoms with Gasteiger partial charge >= 0.3 is 6.09 Å². The van der Waals surface area contributed by atoms with Gasteiger partial charge in [0.05, 0.1) is 6.61 Å². The van der Waals surface area contributed by atoms with E-state index in [2.05, 4.69) is 5.32 Å². The molecule has 1 fully saturated rings. The lowest BCUT2D eigenvalue weighted by molar-refractivity contribution is 0.0636. The van der Waals surface area contributed by atoms with Gasteiger partial charge < -0.3 is 9.84 Å². The zero-order valence-corrected chi connectivity index (χ0v) is 12.6. The molecule has 110 valence electrons. The lowest BCUT2D eigenvalue weighted by atomic mass is 9.95. The molecule has 1 aromatic rings. The summed E-state index contributed by atoms with van der Waals surface area (Å²) in [7, 11) is 0. The molecule has 1 aromatic carbocycles. The standard InChI is InChI=1S/C16H23NO3/c1-11-5-6-12(16(10-18)7-8-16)9-13(11)17-14(19)20-15(2,3)4/h5-6,9,18H,7-8,10H2,1-4H3,(H,17,19). The number of amides is 1. The van der Waals surface area contributed by atoms with Crippen LogP contribution in [-0.4, -0.2) is 23.4 Å². The van der Waals surface area contributed by atoms with Crippen LogP contribution < -0.4 is 5.32 Å². The van der Waals surface area contributed by atoms with Gasteiger partial charge in [-0.3, -0.25) is 5.32 Å². The third kappa shape index (κ3) is 3.31. The number of aliphatic hydroxyl groups is 1. The fourth-order valence-electron chi connectivity index (χ4n) is 2.19.